The molecular weight excluding hydrogens is 290 g/mol. The smallest absolute Gasteiger partial charge is 0.289 e. The first kappa shape index (κ1) is 14.5. The molecule has 1 amide bonds. The highest BCUT2D eigenvalue weighted by Crippen LogP contribution is 2.33. The van der Waals surface area contributed by atoms with Crippen LogP contribution in [0.15, 0.2) is 41.1 Å². The van der Waals surface area contributed by atoms with Crippen molar-refractivity contribution in [3.05, 3.63) is 53.7 Å². The molecule has 0 spiro atoms. The summed E-state index contributed by atoms with van der Waals surface area (Å²) >= 11 is 0. The molecule has 0 bridgehead atoms. The van der Waals surface area contributed by atoms with E-state index in [-0.39, 0.29) is 5.91 Å². The topological polar surface area (TPSA) is 49.6 Å². The van der Waals surface area contributed by atoms with Crippen molar-refractivity contribution >= 4 is 5.91 Å². The van der Waals surface area contributed by atoms with Crippen molar-refractivity contribution in [3.63, 3.8) is 0 Å². The summed E-state index contributed by atoms with van der Waals surface area (Å²) in [7, 11) is 0. The number of carbonyl (C=O) groups is 1. The van der Waals surface area contributed by atoms with Crippen LogP contribution in [0.5, 0.6) is 0 Å². The zero-order valence-corrected chi connectivity index (χ0v) is 13.3. The average Bonchev–Trinajstić information content (AvgIpc) is 3.25. The predicted molar refractivity (Wildman–Crippen MR) is 85.9 cm³/mol. The number of amides is 1. The molecule has 0 radical (unpaired) electrons. The first-order valence-corrected chi connectivity index (χ1v) is 8.23. The Morgan fingerprint density at radius 1 is 1.26 bits per heavy atom. The first-order valence-electron chi connectivity index (χ1n) is 8.23. The third-order valence-corrected chi connectivity index (χ3v) is 5.01. The third-order valence-electron chi connectivity index (χ3n) is 5.01. The summed E-state index contributed by atoms with van der Waals surface area (Å²) in [6.45, 7) is 4.63. The van der Waals surface area contributed by atoms with Crippen molar-refractivity contribution < 1.29 is 9.21 Å². The fourth-order valence-corrected chi connectivity index (χ4v) is 3.94. The number of carbonyl (C=O) groups excluding carboxylic acids is 1. The molecule has 0 aliphatic carbocycles. The van der Waals surface area contributed by atoms with Crippen LogP contribution in [0.1, 0.15) is 34.7 Å². The molecule has 2 atom stereocenters. The lowest BCUT2D eigenvalue weighted by Crippen LogP contribution is -2.39. The van der Waals surface area contributed by atoms with Crippen LogP contribution in [0.2, 0.25) is 0 Å². The fraction of sp³-hybridized carbons (Fsp3) is 0.444. The molecule has 4 rings (SSSR count). The molecule has 0 aromatic carbocycles. The zero-order valence-electron chi connectivity index (χ0n) is 13.3. The van der Waals surface area contributed by atoms with Crippen molar-refractivity contribution in [2.45, 2.75) is 38.4 Å². The Morgan fingerprint density at radius 3 is 2.87 bits per heavy atom. The van der Waals surface area contributed by atoms with Crippen LogP contribution in [0.4, 0.5) is 0 Å². The number of aryl methyl sites for hydroxylation is 1. The molecule has 0 saturated carbocycles. The van der Waals surface area contributed by atoms with Gasteiger partial charge in [-0.1, -0.05) is 6.07 Å². The second kappa shape index (κ2) is 5.81. The maximum atomic E-state index is 12.7. The molecule has 2 aromatic rings. The average molecular weight is 311 g/mol. The molecule has 2 aliphatic heterocycles. The van der Waals surface area contributed by atoms with E-state index < -0.39 is 0 Å². The Kier molecular flexibility index (Phi) is 3.65. The summed E-state index contributed by atoms with van der Waals surface area (Å²) in [4.78, 5) is 21.4. The maximum absolute atomic E-state index is 12.7. The molecule has 0 N–H and O–H groups in total. The standard InChI is InChI=1S/C18H21N3O2/c1-13-4-5-17(23-13)18(22)21-10-7-15-16(21)6-9-20(15)12-14-3-2-8-19-11-14/h2-5,8,11,15-16H,6-7,9-10,12H2,1H3/t15-,16+/m1/s1. The highest BCUT2D eigenvalue weighted by molar-refractivity contribution is 5.92. The summed E-state index contributed by atoms with van der Waals surface area (Å²) in [6.07, 6.45) is 5.81. The number of furan rings is 1. The number of hydrogen-bond acceptors (Lipinski definition) is 4. The predicted octanol–water partition coefficient (Wildman–Crippen LogP) is 2.47. The van der Waals surface area contributed by atoms with E-state index in [9.17, 15) is 4.79 Å². The van der Waals surface area contributed by atoms with Gasteiger partial charge in [0, 0.05) is 44.1 Å². The Bertz CT molecular complexity index is 697. The van der Waals surface area contributed by atoms with Gasteiger partial charge in [0.2, 0.25) is 0 Å². The van der Waals surface area contributed by atoms with Gasteiger partial charge in [-0.05, 0) is 43.5 Å². The molecule has 5 heteroatoms. The van der Waals surface area contributed by atoms with E-state index in [4.69, 9.17) is 4.42 Å². The number of hydrogen-bond donors (Lipinski definition) is 0. The SMILES string of the molecule is Cc1ccc(C(=O)N2CC[C@@H]3[C@@H]2CCN3Cc2cccnc2)o1. The van der Waals surface area contributed by atoms with E-state index in [2.05, 4.69) is 16.0 Å². The van der Waals surface area contributed by atoms with Gasteiger partial charge in [-0.15, -0.1) is 0 Å². The van der Waals surface area contributed by atoms with Crippen LogP contribution in [-0.2, 0) is 6.54 Å². The number of rotatable bonds is 3. The highest BCUT2D eigenvalue weighted by Gasteiger charge is 2.44. The number of likely N-dealkylation sites (tertiary alicyclic amines) is 2. The lowest BCUT2D eigenvalue weighted by Gasteiger charge is -2.25. The minimum atomic E-state index is 0.0360. The lowest BCUT2D eigenvalue weighted by atomic mass is 10.1. The third kappa shape index (κ3) is 2.65. The van der Waals surface area contributed by atoms with Crippen LogP contribution < -0.4 is 0 Å². The summed E-state index contributed by atoms with van der Waals surface area (Å²) in [6, 6.07) is 8.49. The van der Waals surface area contributed by atoms with Crippen LogP contribution in [0.3, 0.4) is 0 Å². The zero-order chi connectivity index (χ0) is 15.8. The second-order valence-corrected chi connectivity index (χ2v) is 6.45. The van der Waals surface area contributed by atoms with Gasteiger partial charge >= 0.3 is 0 Å². The normalized spacial score (nSPS) is 24.1. The van der Waals surface area contributed by atoms with Crippen molar-refractivity contribution in [2.75, 3.05) is 13.1 Å². The summed E-state index contributed by atoms with van der Waals surface area (Å²) in [5.41, 5.74) is 1.24. The van der Waals surface area contributed by atoms with Crippen molar-refractivity contribution in [3.8, 4) is 0 Å². The van der Waals surface area contributed by atoms with Gasteiger partial charge in [0.05, 0.1) is 0 Å². The van der Waals surface area contributed by atoms with E-state index in [1.165, 1.54) is 5.56 Å². The Balaban J connectivity index is 1.46. The van der Waals surface area contributed by atoms with E-state index >= 15 is 0 Å². The number of nitrogens with zero attached hydrogens (tertiary/aromatic N) is 3. The summed E-state index contributed by atoms with van der Waals surface area (Å²) in [5, 5.41) is 0. The Morgan fingerprint density at radius 2 is 2.13 bits per heavy atom. The van der Waals surface area contributed by atoms with E-state index in [1.807, 2.05) is 30.2 Å². The minimum absolute atomic E-state index is 0.0360. The van der Waals surface area contributed by atoms with Gasteiger partial charge < -0.3 is 9.32 Å². The van der Waals surface area contributed by atoms with Crippen LogP contribution in [-0.4, -0.2) is 45.9 Å². The molecule has 5 nitrogen and oxygen atoms in total. The van der Waals surface area contributed by atoms with Crippen molar-refractivity contribution in [1.29, 1.82) is 0 Å². The largest absolute Gasteiger partial charge is 0.456 e. The number of fused-ring (bicyclic) bond motifs is 1. The molecule has 23 heavy (non-hydrogen) atoms. The second-order valence-electron chi connectivity index (χ2n) is 6.45. The van der Waals surface area contributed by atoms with Gasteiger partial charge in [-0.3, -0.25) is 14.7 Å². The fourth-order valence-electron chi connectivity index (χ4n) is 3.94. The summed E-state index contributed by atoms with van der Waals surface area (Å²) < 4.78 is 5.52. The molecule has 2 saturated heterocycles. The van der Waals surface area contributed by atoms with Gasteiger partial charge in [-0.25, -0.2) is 0 Å². The van der Waals surface area contributed by atoms with Gasteiger partial charge in [-0.2, -0.15) is 0 Å². The van der Waals surface area contributed by atoms with Crippen LogP contribution in [0.25, 0.3) is 0 Å². The molecule has 2 aromatic heterocycles. The van der Waals surface area contributed by atoms with Gasteiger partial charge in [0.15, 0.2) is 5.76 Å². The van der Waals surface area contributed by atoms with E-state index in [1.54, 1.807) is 12.3 Å². The first-order chi connectivity index (χ1) is 11.2. The molecule has 2 aliphatic rings. The lowest BCUT2D eigenvalue weighted by molar-refractivity contribution is 0.0698. The molecule has 2 fully saturated rings. The van der Waals surface area contributed by atoms with Crippen molar-refractivity contribution in [2.24, 2.45) is 0 Å². The number of pyridine rings is 1. The number of aromatic nitrogens is 1. The van der Waals surface area contributed by atoms with Crippen LogP contribution in [0, 0.1) is 6.92 Å². The quantitative estimate of drug-likeness (QED) is 0.874. The molecule has 120 valence electrons. The molecule has 0 unspecified atom stereocenters. The Hall–Kier alpha value is -2.14. The van der Waals surface area contributed by atoms with E-state index in [0.29, 0.717) is 17.8 Å². The van der Waals surface area contributed by atoms with Gasteiger partial charge in [0.25, 0.3) is 5.91 Å². The highest BCUT2D eigenvalue weighted by atomic mass is 16.3. The van der Waals surface area contributed by atoms with Gasteiger partial charge in [0.1, 0.15) is 5.76 Å². The minimum Gasteiger partial charge on any atom is -0.456 e. The van der Waals surface area contributed by atoms with Crippen molar-refractivity contribution in [1.82, 2.24) is 14.8 Å². The van der Waals surface area contributed by atoms with Crippen LogP contribution >= 0.6 is 0 Å². The maximum Gasteiger partial charge on any atom is 0.289 e. The molecular formula is C18H21N3O2. The van der Waals surface area contributed by atoms with E-state index in [0.717, 1.165) is 38.2 Å². The Labute approximate surface area is 135 Å². The molecule has 4 heterocycles. The monoisotopic (exact) mass is 311 g/mol. The summed E-state index contributed by atoms with van der Waals surface area (Å²) in [5.74, 6) is 1.29.